The van der Waals surface area contributed by atoms with E-state index in [0.29, 0.717) is 0 Å². The average Bonchev–Trinajstić information content (AvgIpc) is 2.84. The second-order valence-corrected chi connectivity index (χ2v) is 6.54. The van der Waals surface area contributed by atoms with Crippen LogP contribution in [0.2, 0.25) is 0 Å². The molecule has 1 amide bonds. The molecule has 1 aromatic heterocycles. The lowest BCUT2D eigenvalue weighted by Gasteiger charge is -2.23. The Hall–Kier alpha value is -1.15. The van der Waals surface area contributed by atoms with Crippen LogP contribution < -0.4 is 5.32 Å². The van der Waals surface area contributed by atoms with E-state index in [1.54, 1.807) is 11.3 Å². The fourth-order valence-corrected chi connectivity index (χ4v) is 4.31. The van der Waals surface area contributed by atoms with Gasteiger partial charge in [0.15, 0.2) is 0 Å². The largest absolute Gasteiger partial charge is 0.480 e. The van der Waals surface area contributed by atoms with E-state index >= 15 is 0 Å². The first kappa shape index (κ1) is 15.2. The van der Waals surface area contributed by atoms with Gasteiger partial charge < -0.3 is 10.4 Å². The number of thiophene rings is 1. The predicted molar refractivity (Wildman–Crippen MR) is 73.4 cm³/mol. The van der Waals surface area contributed by atoms with Crippen molar-refractivity contribution in [3.05, 3.63) is 21.9 Å². The Morgan fingerprint density at radius 2 is 2.25 bits per heavy atom. The molecule has 4 nitrogen and oxygen atoms in total. The van der Waals surface area contributed by atoms with Gasteiger partial charge in [-0.15, -0.1) is 23.1 Å². The van der Waals surface area contributed by atoms with Crippen LogP contribution in [0.4, 0.5) is 8.78 Å². The molecular formula is C12H13F2NO3S2. The number of aliphatic carboxylic acids is 1. The third-order valence-electron chi connectivity index (χ3n) is 2.94. The molecule has 2 heterocycles. The minimum atomic E-state index is -2.77. The summed E-state index contributed by atoms with van der Waals surface area (Å²) < 4.78 is 24.6. The number of carbonyl (C=O) groups excluding carboxylic acids is 1. The van der Waals surface area contributed by atoms with E-state index in [4.69, 9.17) is 5.11 Å². The van der Waals surface area contributed by atoms with Crippen molar-refractivity contribution in [2.75, 3.05) is 5.75 Å². The molecule has 20 heavy (non-hydrogen) atoms. The van der Waals surface area contributed by atoms with Gasteiger partial charge in [0.1, 0.15) is 11.3 Å². The van der Waals surface area contributed by atoms with Crippen LogP contribution in [0.25, 0.3) is 0 Å². The minimum Gasteiger partial charge on any atom is -0.480 e. The van der Waals surface area contributed by atoms with Crippen LogP contribution in [0.15, 0.2) is 11.4 Å². The number of carboxylic acid groups (broad SMARTS) is 1. The molecular weight excluding hydrogens is 308 g/mol. The number of carboxylic acids is 1. The van der Waals surface area contributed by atoms with Crippen LogP contribution in [0.3, 0.4) is 0 Å². The number of thioether (sulfide) groups is 1. The third kappa shape index (κ3) is 3.49. The van der Waals surface area contributed by atoms with Gasteiger partial charge in [0.2, 0.25) is 12.3 Å². The molecule has 2 unspecified atom stereocenters. The van der Waals surface area contributed by atoms with Gasteiger partial charge in [0.05, 0.1) is 0 Å². The Morgan fingerprint density at radius 1 is 1.50 bits per heavy atom. The van der Waals surface area contributed by atoms with E-state index in [1.807, 2.05) is 11.4 Å². The smallest absolute Gasteiger partial charge is 0.326 e. The molecule has 1 aliphatic rings. The monoisotopic (exact) mass is 321 g/mol. The Morgan fingerprint density at radius 3 is 2.90 bits per heavy atom. The van der Waals surface area contributed by atoms with Crippen molar-refractivity contribution < 1.29 is 23.5 Å². The molecule has 1 aliphatic heterocycles. The second-order valence-electron chi connectivity index (χ2n) is 4.33. The van der Waals surface area contributed by atoms with Crippen molar-refractivity contribution in [3.63, 3.8) is 0 Å². The van der Waals surface area contributed by atoms with E-state index in [1.165, 1.54) is 11.8 Å². The van der Waals surface area contributed by atoms with Gasteiger partial charge in [0.25, 0.3) is 0 Å². The molecule has 0 radical (unpaired) electrons. The van der Waals surface area contributed by atoms with E-state index in [2.05, 4.69) is 5.32 Å². The zero-order chi connectivity index (χ0) is 14.7. The number of hydrogen-bond donors (Lipinski definition) is 2. The van der Waals surface area contributed by atoms with Crippen molar-refractivity contribution in [2.24, 2.45) is 0 Å². The molecule has 110 valence electrons. The Labute approximate surface area is 122 Å². The lowest BCUT2D eigenvalue weighted by Crippen LogP contribution is -2.44. The highest BCUT2D eigenvalue weighted by Gasteiger charge is 2.32. The summed E-state index contributed by atoms with van der Waals surface area (Å²) in [5.41, 5.74) is 0.866. The number of alkyl halides is 2. The van der Waals surface area contributed by atoms with Gasteiger partial charge in [-0.05, 0) is 29.2 Å². The summed E-state index contributed by atoms with van der Waals surface area (Å²) in [5.74, 6) is -1.19. The Bertz CT molecular complexity index is 507. The van der Waals surface area contributed by atoms with Crippen LogP contribution in [-0.2, 0) is 16.0 Å². The highest BCUT2D eigenvalue weighted by molar-refractivity contribution is 8.00. The van der Waals surface area contributed by atoms with E-state index in [9.17, 15) is 18.4 Å². The quantitative estimate of drug-likeness (QED) is 0.873. The third-order valence-corrected chi connectivity index (χ3v) is 5.18. The highest BCUT2D eigenvalue weighted by Crippen LogP contribution is 2.39. The lowest BCUT2D eigenvalue weighted by atomic mass is 10.1. The Kier molecular flexibility index (Phi) is 4.98. The van der Waals surface area contributed by atoms with Crippen molar-refractivity contribution in [3.8, 4) is 0 Å². The standard InChI is InChI=1S/C12H13F2NO3S2/c13-9(14)5-7(12(17)18)15-11(16)10-6-1-3-19-8(6)2-4-20-10/h1,3,7,9-10H,2,4-5H2,(H,15,16)(H,17,18). The molecule has 0 bridgehead atoms. The molecule has 2 N–H and O–H groups in total. The first-order valence-electron chi connectivity index (χ1n) is 5.98. The van der Waals surface area contributed by atoms with E-state index < -0.39 is 36.0 Å². The zero-order valence-electron chi connectivity index (χ0n) is 10.3. The summed E-state index contributed by atoms with van der Waals surface area (Å²) in [6.07, 6.45) is -2.78. The Balaban J connectivity index is 2.07. The molecule has 2 atom stereocenters. The number of hydrogen-bond acceptors (Lipinski definition) is 4. The number of fused-ring (bicyclic) bond motifs is 1. The lowest BCUT2D eigenvalue weighted by molar-refractivity contribution is -0.143. The molecule has 8 heteroatoms. The van der Waals surface area contributed by atoms with Gasteiger partial charge in [-0.1, -0.05) is 0 Å². The number of nitrogens with one attached hydrogen (secondary N) is 1. The fourth-order valence-electron chi connectivity index (χ4n) is 2.01. The van der Waals surface area contributed by atoms with Crippen LogP contribution in [0, 0.1) is 0 Å². The van der Waals surface area contributed by atoms with Crippen LogP contribution in [0.1, 0.15) is 22.1 Å². The summed E-state index contributed by atoms with van der Waals surface area (Å²) in [7, 11) is 0. The van der Waals surface area contributed by atoms with Gasteiger partial charge in [-0.2, -0.15) is 0 Å². The number of aryl methyl sites for hydroxylation is 1. The summed E-state index contributed by atoms with van der Waals surface area (Å²) >= 11 is 2.96. The maximum absolute atomic E-state index is 12.3. The minimum absolute atomic E-state index is 0.510. The predicted octanol–water partition coefficient (Wildman–Crippen LogP) is 2.30. The maximum atomic E-state index is 12.3. The first-order chi connectivity index (χ1) is 9.49. The maximum Gasteiger partial charge on any atom is 0.326 e. The number of halogens is 2. The van der Waals surface area contributed by atoms with Gasteiger partial charge in [-0.25, -0.2) is 13.6 Å². The van der Waals surface area contributed by atoms with Gasteiger partial charge >= 0.3 is 5.97 Å². The topological polar surface area (TPSA) is 66.4 Å². The SMILES string of the molecule is O=C(O)C(CC(F)F)NC(=O)C1SCCc2sccc21. The van der Waals surface area contributed by atoms with Crippen molar-refractivity contribution in [1.82, 2.24) is 5.32 Å². The van der Waals surface area contributed by atoms with E-state index in [0.717, 1.165) is 22.6 Å². The van der Waals surface area contributed by atoms with Crippen LogP contribution >= 0.6 is 23.1 Å². The molecule has 1 aromatic rings. The van der Waals surface area contributed by atoms with Gasteiger partial charge in [0, 0.05) is 11.3 Å². The number of rotatable bonds is 5. The molecule has 2 rings (SSSR count). The number of amides is 1. The molecule has 0 saturated heterocycles. The average molecular weight is 321 g/mol. The summed E-state index contributed by atoms with van der Waals surface area (Å²) in [6.45, 7) is 0. The fraction of sp³-hybridized carbons (Fsp3) is 0.500. The molecule has 0 fully saturated rings. The molecule has 0 aliphatic carbocycles. The zero-order valence-corrected chi connectivity index (χ0v) is 12.0. The molecule has 0 spiro atoms. The molecule has 0 saturated carbocycles. The van der Waals surface area contributed by atoms with Crippen LogP contribution in [0.5, 0.6) is 0 Å². The summed E-state index contributed by atoms with van der Waals surface area (Å²) in [6, 6.07) is 0.284. The van der Waals surface area contributed by atoms with E-state index in [-0.39, 0.29) is 0 Å². The first-order valence-corrected chi connectivity index (χ1v) is 7.91. The van der Waals surface area contributed by atoms with Crippen molar-refractivity contribution >= 4 is 35.0 Å². The number of carbonyl (C=O) groups is 2. The summed E-state index contributed by atoms with van der Waals surface area (Å²) in [4.78, 5) is 24.1. The second kappa shape index (κ2) is 6.53. The molecule has 0 aromatic carbocycles. The van der Waals surface area contributed by atoms with Crippen molar-refractivity contribution in [1.29, 1.82) is 0 Å². The van der Waals surface area contributed by atoms with Gasteiger partial charge in [-0.3, -0.25) is 4.79 Å². The van der Waals surface area contributed by atoms with Crippen molar-refractivity contribution in [2.45, 2.75) is 30.6 Å². The summed E-state index contributed by atoms with van der Waals surface area (Å²) in [5, 5.41) is 12.5. The van der Waals surface area contributed by atoms with Crippen LogP contribution in [-0.4, -0.2) is 35.2 Å². The normalized spacial score (nSPS) is 19.4. The highest BCUT2D eigenvalue weighted by atomic mass is 32.2.